The number of amides is 2. The summed E-state index contributed by atoms with van der Waals surface area (Å²) in [6.07, 6.45) is 6.72. The fourth-order valence-electron chi connectivity index (χ4n) is 8.13. The number of aromatic hydroxyl groups is 2. The zero-order valence-electron chi connectivity index (χ0n) is 36.6. The molecule has 13 nitrogen and oxygen atoms in total. The van der Waals surface area contributed by atoms with Crippen LogP contribution in [-0.2, 0) is 30.4 Å². The maximum atomic E-state index is 14.7. The number of nitrogens with zero attached hydrogens (tertiary/aromatic N) is 2. The van der Waals surface area contributed by atoms with E-state index in [1.54, 1.807) is 62.5 Å². The molecule has 1 aliphatic heterocycles. The lowest BCUT2D eigenvalue weighted by Gasteiger charge is -2.32. The number of imidazole rings is 1. The summed E-state index contributed by atoms with van der Waals surface area (Å²) in [5.74, 6) is -5.51. The van der Waals surface area contributed by atoms with Crippen molar-refractivity contribution in [2.75, 3.05) is 13.6 Å². The number of phenols is 2. The van der Waals surface area contributed by atoms with E-state index in [0.29, 0.717) is 53.2 Å². The smallest absolute Gasteiger partial charge is 0.226 e. The molecule has 0 spiro atoms. The summed E-state index contributed by atoms with van der Waals surface area (Å²) in [4.78, 5) is 92.1. The van der Waals surface area contributed by atoms with Crippen molar-refractivity contribution in [2.24, 2.45) is 23.5 Å². The molecule has 14 heteroatoms. The molecule has 2 amide bonds. The van der Waals surface area contributed by atoms with Gasteiger partial charge in [0.05, 0.1) is 24.3 Å². The first-order valence-corrected chi connectivity index (χ1v) is 22.1. The predicted octanol–water partition coefficient (Wildman–Crippen LogP) is 7.84. The van der Waals surface area contributed by atoms with Gasteiger partial charge in [0.15, 0.2) is 23.1 Å². The monoisotopic (exact) mass is 899 g/mol. The number of fused-ring (bicyclic) bond motifs is 5. The Balaban J connectivity index is 1.29. The number of rotatable bonds is 16. The number of hydrogen-bond donors (Lipinski definition) is 5. The minimum atomic E-state index is -1.28. The highest BCUT2D eigenvalue weighted by Gasteiger charge is 2.36. The van der Waals surface area contributed by atoms with E-state index < -0.39 is 53.2 Å². The minimum absolute atomic E-state index is 0.0134. The van der Waals surface area contributed by atoms with Crippen molar-refractivity contribution >= 4 is 52.6 Å². The molecule has 5 aromatic rings. The summed E-state index contributed by atoms with van der Waals surface area (Å²) < 4.78 is 0. The number of aromatic nitrogens is 2. The van der Waals surface area contributed by atoms with Gasteiger partial charge in [0.1, 0.15) is 17.5 Å². The van der Waals surface area contributed by atoms with Crippen molar-refractivity contribution in [1.29, 1.82) is 0 Å². The van der Waals surface area contributed by atoms with Gasteiger partial charge in [-0.05, 0) is 96.6 Å². The summed E-state index contributed by atoms with van der Waals surface area (Å²) in [6, 6.07) is 21.0. The average Bonchev–Trinajstić information content (AvgIpc) is 3.82. The molecule has 0 saturated carbocycles. The Hall–Kier alpha value is -6.70. The van der Waals surface area contributed by atoms with Crippen molar-refractivity contribution in [1.82, 2.24) is 20.2 Å². The van der Waals surface area contributed by atoms with E-state index in [1.165, 1.54) is 48.6 Å². The maximum absolute atomic E-state index is 14.7. The molecule has 1 aromatic heterocycles. The number of nitrogens with one attached hydrogen (secondary N) is 2. The van der Waals surface area contributed by atoms with Gasteiger partial charge < -0.3 is 31.1 Å². The van der Waals surface area contributed by atoms with Crippen LogP contribution in [0.3, 0.4) is 0 Å². The maximum Gasteiger partial charge on any atom is 0.226 e. The van der Waals surface area contributed by atoms with Crippen LogP contribution >= 0.6 is 11.6 Å². The number of hydrogen-bond acceptors (Lipinski definition) is 10. The van der Waals surface area contributed by atoms with Gasteiger partial charge in [0.2, 0.25) is 11.8 Å². The number of unbranched alkanes of at least 4 members (excludes halogenated alkanes) is 1. The number of H-pyrrole nitrogens is 1. The molecule has 338 valence electrons. The second-order valence-corrected chi connectivity index (χ2v) is 17.3. The van der Waals surface area contributed by atoms with Crippen LogP contribution in [0.5, 0.6) is 11.5 Å². The Morgan fingerprint density at radius 3 is 2.22 bits per heavy atom. The van der Waals surface area contributed by atoms with Gasteiger partial charge in [0, 0.05) is 65.8 Å². The molecule has 2 heterocycles. The number of ketones is 4. The third-order valence-electron chi connectivity index (χ3n) is 11.9. The summed E-state index contributed by atoms with van der Waals surface area (Å²) in [5, 5.41) is 25.8. The summed E-state index contributed by atoms with van der Waals surface area (Å²) in [6.45, 7) is 3.56. The van der Waals surface area contributed by atoms with Gasteiger partial charge in [-0.2, -0.15) is 0 Å². The topological polar surface area (TPSA) is 213 Å². The number of allylic oxidation sites excluding steroid dienone is 1. The highest BCUT2D eigenvalue weighted by atomic mass is 35.5. The van der Waals surface area contributed by atoms with Crippen LogP contribution in [0, 0.1) is 17.8 Å². The number of carbonyl (C=O) groups excluding carboxylic acids is 6. The molecule has 0 unspecified atom stereocenters. The Morgan fingerprint density at radius 1 is 0.892 bits per heavy atom. The molecule has 65 heavy (non-hydrogen) atoms. The number of halogens is 1. The highest BCUT2D eigenvalue weighted by Crippen LogP contribution is 2.40. The van der Waals surface area contributed by atoms with Crippen molar-refractivity contribution in [2.45, 2.75) is 70.9 Å². The van der Waals surface area contributed by atoms with Crippen molar-refractivity contribution in [3.05, 3.63) is 131 Å². The van der Waals surface area contributed by atoms with Crippen LogP contribution in [0.4, 0.5) is 0 Å². The SMILES string of the molecule is C[C@H](CC(=O)[C@@H]1Cc2ccc(O)c(c2)-c2cc(ccc2O)[C@H](N(C)C(=O)[C@H](CCCCN)CC(=O)c2ccc(-c3ccc(Cl)cc3)cc2)C(=O)C[C@@H](C)C(=O)N1)C(=O)/C=C/c1cnc[nH]1. The standard InChI is InChI=1S/C51H54ClN5O8/c1-30(43(58)20-17-39-28-54-29-55-39)22-47(62)42-25-32-7-18-44(59)40(24-32)41-26-36(14-19-45(41)60)49(48(63)23-31(2)50(64)56-42)57(3)51(65)37(6-4-5-21-53)27-46(61)35-10-8-33(9-11-35)34-12-15-38(52)16-13-34/h7-20,24,26,28-31,37,42,49,59-60H,4-6,21-23,25,27,53H2,1-3H3,(H,54,55)(H,56,64)/b20-17+/t30-,31-,37-,42+,49+/m1/s1. The van der Waals surface area contributed by atoms with E-state index >= 15 is 0 Å². The Kier molecular flexibility index (Phi) is 16.0. The first-order chi connectivity index (χ1) is 31.1. The zero-order valence-corrected chi connectivity index (χ0v) is 37.4. The number of benzene rings is 4. The van der Waals surface area contributed by atoms with Crippen molar-refractivity contribution in [3.8, 4) is 33.8 Å². The number of phenolic OH excluding ortho intramolecular Hbond substituents is 2. The number of nitrogens with two attached hydrogens (primary N) is 1. The lowest BCUT2D eigenvalue weighted by Crippen LogP contribution is -2.46. The average molecular weight is 900 g/mol. The highest BCUT2D eigenvalue weighted by molar-refractivity contribution is 6.30. The van der Waals surface area contributed by atoms with Crippen molar-refractivity contribution in [3.63, 3.8) is 0 Å². The van der Waals surface area contributed by atoms with E-state index in [-0.39, 0.29) is 59.9 Å². The Bertz CT molecular complexity index is 2560. The molecular formula is C51H54ClN5O8. The first kappa shape index (κ1) is 47.8. The normalized spacial score (nSPS) is 17.5. The van der Waals surface area contributed by atoms with Gasteiger partial charge in [0.25, 0.3) is 0 Å². The lowest BCUT2D eigenvalue weighted by atomic mass is 9.87. The third-order valence-corrected chi connectivity index (χ3v) is 12.2. The first-order valence-electron chi connectivity index (χ1n) is 21.7. The number of aromatic amines is 1. The molecule has 0 radical (unpaired) electrons. The van der Waals surface area contributed by atoms with E-state index in [4.69, 9.17) is 17.3 Å². The van der Waals surface area contributed by atoms with Gasteiger partial charge >= 0.3 is 0 Å². The van der Waals surface area contributed by atoms with Crippen LogP contribution in [0.15, 0.2) is 104 Å². The van der Waals surface area contributed by atoms with E-state index in [9.17, 15) is 39.0 Å². The summed E-state index contributed by atoms with van der Waals surface area (Å²) >= 11 is 6.06. The van der Waals surface area contributed by atoms with Gasteiger partial charge in [-0.3, -0.25) is 28.8 Å². The van der Waals surface area contributed by atoms with Gasteiger partial charge in [-0.25, -0.2) is 4.98 Å². The van der Waals surface area contributed by atoms with E-state index in [1.807, 2.05) is 24.3 Å². The molecule has 4 bridgehead atoms. The van der Waals surface area contributed by atoms with Crippen LogP contribution in [0.1, 0.15) is 85.6 Å². The zero-order chi connectivity index (χ0) is 46.8. The van der Waals surface area contributed by atoms with Crippen LogP contribution in [0.2, 0.25) is 5.02 Å². The summed E-state index contributed by atoms with van der Waals surface area (Å²) in [5.41, 5.74) is 9.86. The fraction of sp³-hybridized carbons (Fsp3) is 0.314. The fourth-order valence-corrected chi connectivity index (χ4v) is 8.25. The molecule has 0 saturated heterocycles. The second-order valence-electron chi connectivity index (χ2n) is 16.8. The number of Topliss-reactive ketones (excluding diaryl/α,β-unsaturated/α-hetero) is 3. The molecular weight excluding hydrogens is 846 g/mol. The Labute approximate surface area is 383 Å². The Morgan fingerprint density at radius 2 is 1.55 bits per heavy atom. The second kappa shape index (κ2) is 21.8. The van der Waals surface area contributed by atoms with Gasteiger partial charge in [-0.1, -0.05) is 80.4 Å². The third kappa shape index (κ3) is 12.1. The van der Waals surface area contributed by atoms with Crippen molar-refractivity contribution < 1.29 is 39.0 Å². The minimum Gasteiger partial charge on any atom is -0.507 e. The predicted molar refractivity (Wildman–Crippen MR) is 249 cm³/mol. The molecule has 4 aromatic carbocycles. The molecule has 1 aliphatic rings. The van der Waals surface area contributed by atoms with Crippen LogP contribution in [0.25, 0.3) is 28.3 Å². The summed E-state index contributed by atoms with van der Waals surface area (Å²) in [7, 11) is 1.48. The largest absolute Gasteiger partial charge is 0.507 e. The van der Waals surface area contributed by atoms with Crippen LogP contribution < -0.4 is 11.1 Å². The number of likely N-dealkylation sites (N-methyl/N-ethyl adjacent to an activating group) is 1. The van der Waals surface area contributed by atoms with Crippen LogP contribution in [-0.4, -0.2) is 79.7 Å². The van der Waals surface area contributed by atoms with Gasteiger partial charge in [-0.15, -0.1) is 0 Å². The number of carbonyl (C=O) groups is 6. The molecule has 6 N–H and O–H groups in total. The van der Waals surface area contributed by atoms with E-state index in [0.717, 1.165) is 11.1 Å². The van der Waals surface area contributed by atoms with E-state index in [2.05, 4.69) is 15.3 Å². The quantitative estimate of drug-likeness (QED) is 0.0368. The molecule has 6 rings (SSSR count). The lowest BCUT2D eigenvalue weighted by molar-refractivity contribution is -0.142. The molecule has 0 fully saturated rings. The molecule has 5 atom stereocenters. The molecule has 0 aliphatic carbocycles.